The van der Waals surface area contributed by atoms with Crippen molar-refractivity contribution in [2.75, 3.05) is 19.8 Å². The summed E-state index contributed by atoms with van der Waals surface area (Å²) in [6.45, 7) is 2.03. The Hall–Kier alpha value is -0.690. The van der Waals surface area contributed by atoms with Gasteiger partial charge in [-0.05, 0) is 6.92 Å². The van der Waals surface area contributed by atoms with Crippen molar-refractivity contribution in [1.82, 2.24) is 5.32 Å². The quantitative estimate of drug-likeness (QED) is 0.457. The number of rotatable bonds is 2. The standard InChI is InChI=1S/C8H13N3O2S2/c1-8(4-11-13-6(12)9-2)5-14-7(10-3)15-8/h4H,5H2,1-3H3,(H,9,12)/t8-/m0/s1. The predicted molar refractivity (Wildman–Crippen MR) is 65.8 cm³/mol. The van der Waals surface area contributed by atoms with Gasteiger partial charge in [0.05, 0.1) is 11.0 Å². The molecular weight excluding hydrogens is 234 g/mol. The second-order valence-electron chi connectivity index (χ2n) is 3.06. The van der Waals surface area contributed by atoms with Crippen LogP contribution in [0.25, 0.3) is 0 Å². The Balaban J connectivity index is 2.47. The van der Waals surface area contributed by atoms with Crippen LogP contribution in [0.4, 0.5) is 4.79 Å². The van der Waals surface area contributed by atoms with Crippen molar-refractivity contribution in [2.45, 2.75) is 11.7 Å². The summed E-state index contributed by atoms with van der Waals surface area (Å²) in [6.07, 6.45) is 1.08. The zero-order chi connectivity index (χ0) is 11.3. The number of aliphatic imine (C=N–C) groups is 1. The molecule has 1 atom stereocenters. The first-order valence-electron chi connectivity index (χ1n) is 4.31. The highest BCUT2D eigenvalue weighted by molar-refractivity contribution is 8.42. The van der Waals surface area contributed by atoms with Gasteiger partial charge in [-0.3, -0.25) is 9.83 Å². The van der Waals surface area contributed by atoms with Gasteiger partial charge in [0.1, 0.15) is 4.38 Å². The van der Waals surface area contributed by atoms with Gasteiger partial charge in [-0.15, -0.1) is 0 Å². The molecule has 15 heavy (non-hydrogen) atoms. The van der Waals surface area contributed by atoms with Crippen LogP contribution in [0.15, 0.2) is 10.1 Å². The molecule has 1 aliphatic heterocycles. The maximum Gasteiger partial charge on any atom is 0.433 e. The first-order chi connectivity index (χ1) is 7.09. The van der Waals surface area contributed by atoms with E-state index in [2.05, 4.69) is 20.3 Å². The molecule has 0 saturated carbocycles. The molecule has 0 aliphatic carbocycles. The molecule has 1 rings (SSSR count). The van der Waals surface area contributed by atoms with Crippen LogP contribution in [-0.4, -0.2) is 41.3 Å². The molecule has 0 bridgehead atoms. The Morgan fingerprint density at radius 2 is 2.47 bits per heavy atom. The number of nitrogens with zero attached hydrogens (tertiary/aromatic N) is 2. The molecule has 1 saturated heterocycles. The highest BCUT2D eigenvalue weighted by Gasteiger charge is 2.33. The van der Waals surface area contributed by atoms with E-state index in [1.54, 1.807) is 36.8 Å². The lowest BCUT2D eigenvalue weighted by Crippen LogP contribution is -2.23. The number of hydrogen-bond acceptors (Lipinski definition) is 6. The minimum Gasteiger partial charge on any atom is -0.323 e. The summed E-state index contributed by atoms with van der Waals surface area (Å²) in [5, 5.41) is 5.95. The summed E-state index contributed by atoms with van der Waals surface area (Å²) in [5.41, 5.74) is 0. The van der Waals surface area contributed by atoms with Gasteiger partial charge in [0.25, 0.3) is 0 Å². The Morgan fingerprint density at radius 1 is 1.73 bits per heavy atom. The minimum atomic E-state index is -0.560. The van der Waals surface area contributed by atoms with Crippen molar-refractivity contribution < 1.29 is 9.63 Å². The maximum atomic E-state index is 10.7. The van der Waals surface area contributed by atoms with Crippen LogP contribution in [0.1, 0.15) is 6.92 Å². The lowest BCUT2D eigenvalue weighted by atomic mass is 10.2. The van der Waals surface area contributed by atoms with Gasteiger partial charge >= 0.3 is 6.09 Å². The number of oxime groups is 1. The molecule has 0 unspecified atom stereocenters. The number of carbonyl (C=O) groups excluding carboxylic acids is 1. The zero-order valence-corrected chi connectivity index (χ0v) is 10.4. The van der Waals surface area contributed by atoms with Crippen LogP contribution in [0, 0.1) is 0 Å². The summed E-state index contributed by atoms with van der Waals surface area (Å²) in [5.74, 6) is 0.880. The third-order valence-electron chi connectivity index (χ3n) is 1.65. The third kappa shape index (κ3) is 3.75. The second-order valence-corrected chi connectivity index (χ2v) is 5.80. The normalized spacial score (nSPS) is 28.6. The van der Waals surface area contributed by atoms with Crippen molar-refractivity contribution in [1.29, 1.82) is 0 Å². The van der Waals surface area contributed by atoms with E-state index in [9.17, 15) is 4.79 Å². The van der Waals surface area contributed by atoms with Crippen LogP contribution in [-0.2, 0) is 4.84 Å². The molecule has 0 aromatic carbocycles. The predicted octanol–water partition coefficient (Wildman–Crippen LogP) is 1.55. The molecular formula is C8H13N3O2S2. The van der Waals surface area contributed by atoms with E-state index in [4.69, 9.17) is 0 Å². The number of nitrogens with one attached hydrogen (secondary N) is 1. The van der Waals surface area contributed by atoms with Crippen LogP contribution < -0.4 is 5.32 Å². The summed E-state index contributed by atoms with van der Waals surface area (Å²) in [4.78, 5) is 19.4. The minimum absolute atomic E-state index is 0.145. The fourth-order valence-electron chi connectivity index (χ4n) is 0.869. The molecule has 0 radical (unpaired) electrons. The lowest BCUT2D eigenvalue weighted by Gasteiger charge is -2.12. The zero-order valence-electron chi connectivity index (χ0n) is 8.81. The Bertz CT molecular complexity index is 306. The molecule has 1 aliphatic rings. The number of thioether (sulfide) groups is 2. The van der Waals surface area contributed by atoms with Crippen molar-refractivity contribution in [3.63, 3.8) is 0 Å². The smallest absolute Gasteiger partial charge is 0.323 e. The lowest BCUT2D eigenvalue weighted by molar-refractivity contribution is 0.153. The Labute approximate surface area is 97.1 Å². The molecule has 1 N–H and O–H groups in total. The van der Waals surface area contributed by atoms with E-state index in [1.165, 1.54) is 7.05 Å². The van der Waals surface area contributed by atoms with Crippen molar-refractivity contribution in [2.24, 2.45) is 10.1 Å². The highest BCUT2D eigenvalue weighted by atomic mass is 32.2. The maximum absolute atomic E-state index is 10.7. The van der Waals surface area contributed by atoms with Gasteiger partial charge in [0, 0.05) is 19.8 Å². The summed E-state index contributed by atoms with van der Waals surface area (Å²) >= 11 is 3.30. The van der Waals surface area contributed by atoms with E-state index in [0.717, 1.165) is 10.1 Å². The topological polar surface area (TPSA) is 63.1 Å². The van der Waals surface area contributed by atoms with E-state index < -0.39 is 6.09 Å². The molecule has 0 aromatic heterocycles. The molecule has 1 amide bonds. The molecule has 7 heteroatoms. The second kappa shape index (κ2) is 5.41. The monoisotopic (exact) mass is 247 g/mol. The Morgan fingerprint density at radius 3 is 3.00 bits per heavy atom. The molecule has 84 valence electrons. The van der Waals surface area contributed by atoms with Crippen molar-refractivity contribution in [3.05, 3.63) is 0 Å². The summed E-state index contributed by atoms with van der Waals surface area (Å²) < 4.78 is 0.886. The first-order valence-corrected chi connectivity index (χ1v) is 6.12. The van der Waals surface area contributed by atoms with Gasteiger partial charge in [-0.25, -0.2) is 4.79 Å². The highest BCUT2D eigenvalue weighted by Crippen LogP contribution is 2.40. The van der Waals surface area contributed by atoms with Gasteiger partial charge in [-0.2, -0.15) is 0 Å². The van der Waals surface area contributed by atoms with Gasteiger partial charge in [-0.1, -0.05) is 28.7 Å². The van der Waals surface area contributed by atoms with Gasteiger partial charge in [0.15, 0.2) is 0 Å². The van der Waals surface area contributed by atoms with Crippen LogP contribution in [0.5, 0.6) is 0 Å². The van der Waals surface area contributed by atoms with Crippen LogP contribution >= 0.6 is 23.5 Å². The van der Waals surface area contributed by atoms with E-state index in [1.807, 2.05) is 6.92 Å². The average Bonchev–Trinajstić information content (AvgIpc) is 2.60. The van der Waals surface area contributed by atoms with E-state index in [-0.39, 0.29) is 4.75 Å². The van der Waals surface area contributed by atoms with Gasteiger partial charge in [0.2, 0.25) is 0 Å². The molecule has 0 aromatic rings. The molecule has 5 nitrogen and oxygen atoms in total. The van der Waals surface area contributed by atoms with Gasteiger partial charge < -0.3 is 5.32 Å². The average molecular weight is 247 g/mol. The number of amides is 1. The van der Waals surface area contributed by atoms with Crippen LogP contribution in [0.2, 0.25) is 0 Å². The number of hydrogen-bond donors (Lipinski definition) is 1. The van der Waals surface area contributed by atoms with E-state index >= 15 is 0 Å². The SMILES string of the molecule is CN=C1SC[C@](C)(C=NOC(=O)NC)S1. The van der Waals surface area contributed by atoms with Crippen molar-refractivity contribution >= 4 is 40.2 Å². The largest absolute Gasteiger partial charge is 0.433 e. The third-order valence-corrected chi connectivity index (χ3v) is 4.68. The first kappa shape index (κ1) is 12.4. The molecule has 1 fully saturated rings. The fraction of sp³-hybridized carbons (Fsp3) is 0.625. The summed E-state index contributed by atoms with van der Waals surface area (Å²) in [7, 11) is 3.25. The number of carbonyl (C=O) groups is 1. The van der Waals surface area contributed by atoms with Crippen molar-refractivity contribution in [3.8, 4) is 0 Å². The summed E-state index contributed by atoms with van der Waals surface area (Å²) in [6, 6.07) is 0. The molecule has 1 heterocycles. The molecule has 0 spiro atoms. The fourth-order valence-corrected chi connectivity index (χ4v) is 3.46. The van der Waals surface area contributed by atoms with Crippen LogP contribution in [0.3, 0.4) is 0 Å². The Kier molecular flexibility index (Phi) is 4.46. The van der Waals surface area contributed by atoms with E-state index in [0.29, 0.717) is 0 Å².